The smallest absolute Gasteiger partial charge is 0.313 e. The van der Waals surface area contributed by atoms with Crippen molar-refractivity contribution in [2.45, 2.75) is 87.0 Å². The SMILES string of the molecule is CN(c1nccc(=O)n1COC(=O)C(C)(C)C(C)(C)CC(C)(C)C)C1CCN(c2nc3ccccc3n2Cc2ccc(F)cc2)CC1. The standard InChI is InChI=1S/C37H49FN6O3/c1-35(2,3)24-36(4,5)37(6,7)32(46)47-25-44-31(45)17-20-39-33(44)41(8)28-18-21-42(22-19-28)34-40-29-11-9-10-12-30(29)43(34)23-26-13-15-27(38)16-14-26/h9-17,20,28H,18-19,21-25H2,1-8H3. The molecular weight excluding hydrogens is 595 g/mol. The van der Waals surface area contributed by atoms with Crippen LogP contribution in [-0.2, 0) is 22.8 Å². The first-order valence-corrected chi connectivity index (χ1v) is 16.5. The number of benzene rings is 2. The zero-order chi connectivity index (χ0) is 34.1. The van der Waals surface area contributed by atoms with Gasteiger partial charge in [-0.2, -0.15) is 0 Å². The Morgan fingerprint density at radius 2 is 1.62 bits per heavy atom. The first-order chi connectivity index (χ1) is 22.1. The minimum absolute atomic E-state index is 0.0437. The van der Waals surface area contributed by atoms with E-state index in [1.54, 1.807) is 0 Å². The predicted molar refractivity (Wildman–Crippen MR) is 185 cm³/mol. The predicted octanol–water partition coefficient (Wildman–Crippen LogP) is 6.87. The minimum Gasteiger partial charge on any atom is -0.443 e. The van der Waals surface area contributed by atoms with Gasteiger partial charge in [-0.15, -0.1) is 0 Å². The van der Waals surface area contributed by atoms with Crippen molar-refractivity contribution in [2.24, 2.45) is 16.2 Å². The summed E-state index contributed by atoms with van der Waals surface area (Å²) < 4.78 is 23.1. The van der Waals surface area contributed by atoms with Crippen LogP contribution in [0.25, 0.3) is 11.0 Å². The van der Waals surface area contributed by atoms with Crippen molar-refractivity contribution in [1.29, 1.82) is 0 Å². The van der Waals surface area contributed by atoms with Crippen molar-refractivity contribution in [3.8, 4) is 0 Å². The maximum atomic E-state index is 13.6. The number of imidazole rings is 1. The zero-order valence-electron chi connectivity index (χ0n) is 29.1. The van der Waals surface area contributed by atoms with E-state index < -0.39 is 5.41 Å². The van der Waals surface area contributed by atoms with Crippen molar-refractivity contribution in [1.82, 2.24) is 19.1 Å². The van der Waals surface area contributed by atoms with Gasteiger partial charge in [0.2, 0.25) is 11.9 Å². The van der Waals surface area contributed by atoms with Crippen LogP contribution < -0.4 is 15.4 Å². The number of aromatic nitrogens is 4. The lowest BCUT2D eigenvalue weighted by Crippen LogP contribution is -2.46. The highest BCUT2D eigenvalue weighted by Gasteiger charge is 2.46. The average molecular weight is 645 g/mol. The van der Waals surface area contributed by atoms with Gasteiger partial charge in [-0.05, 0) is 73.8 Å². The Hall–Kier alpha value is -4.21. The molecule has 0 unspecified atom stereocenters. The number of esters is 1. The molecule has 2 aromatic heterocycles. The molecule has 5 rings (SSSR count). The summed E-state index contributed by atoms with van der Waals surface area (Å²) in [6.45, 7) is 16.4. The average Bonchev–Trinajstić information content (AvgIpc) is 3.38. The van der Waals surface area contributed by atoms with Crippen molar-refractivity contribution >= 4 is 28.9 Å². The Bertz CT molecular complexity index is 1760. The maximum absolute atomic E-state index is 13.6. The number of para-hydroxylation sites is 2. The molecule has 1 aliphatic heterocycles. The quantitative estimate of drug-likeness (QED) is 0.174. The molecule has 0 bridgehead atoms. The van der Waals surface area contributed by atoms with E-state index in [4.69, 9.17) is 9.72 Å². The minimum atomic E-state index is -0.766. The van der Waals surface area contributed by atoms with E-state index in [1.807, 2.05) is 56.1 Å². The van der Waals surface area contributed by atoms with E-state index in [9.17, 15) is 14.0 Å². The van der Waals surface area contributed by atoms with Crippen LogP contribution in [0.5, 0.6) is 0 Å². The molecule has 0 atom stereocenters. The third-order valence-electron chi connectivity index (χ3n) is 9.91. The van der Waals surface area contributed by atoms with Gasteiger partial charge < -0.3 is 19.1 Å². The number of hydrogen-bond acceptors (Lipinski definition) is 7. The lowest BCUT2D eigenvalue weighted by Gasteiger charge is -2.43. The number of anilines is 2. The van der Waals surface area contributed by atoms with Crippen LogP contribution in [0.4, 0.5) is 16.3 Å². The third-order valence-corrected chi connectivity index (χ3v) is 9.91. The fourth-order valence-corrected chi connectivity index (χ4v) is 6.80. The highest BCUT2D eigenvalue weighted by molar-refractivity contribution is 5.79. The molecule has 0 saturated carbocycles. The summed E-state index contributed by atoms with van der Waals surface area (Å²) in [5.41, 5.74) is 1.63. The number of fused-ring (bicyclic) bond motifs is 1. The summed E-state index contributed by atoms with van der Waals surface area (Å²) in [7, 11) is 1.95. The largest absolute Gasteiger partial charge is 0.443 e. The molecule has 252 valence electrons. The highest BCUT2D eigenvalue weighted by Crippen LogP contribution is 2.47. The van der Waals surface area contributed by atoms with E-state index in [2.05, 4.69) is 55.1 Å². The number of nitrogens with zero attached hydrogens (tertiary/aromatic N) is 6. The summed E-state index contributed by atoms with van der Waals surface area (Å²) in [6.07, 6.45) is 3.98. The summed E-state index contributed by atoms with van der Waals surface area (Å²) >= 11 is 0. The lowest BCUT2D eigenvalue weighted by atomic mass is 9.61. The maximum Gasteiger partial charge on any atom is 0.313 e. The van der Waals surface area contributed by atoms with Crippen molar-refractivity contribution in [3.05, 3.63) is 82.5 Å². The summed E-state index contributed by atoms with van der Waals surface area (Å²) in [5, 5.41) is 0. The molecule has 10 heteroatoms. The highest BCUT2D eigenvalue weighted by atomic mass is 19.1. The van der Waals surface area contributed by atoms with Crippen LogP contribution in [0.1, 0.15) is 73.3 Å². The Morgan fingerprint density at radius 1 is 0.957 bits per heavy atom. The van der Waals surface area contributed by atoms with E-state index in [0.717, 1.165) is 54.9 Å². The van der Waals surface area contributed by atoms with E-state index in [-0.39, 0.29) is 40.9 Å². The van der Waals surface area contributed by atoms with Gasteiger partial charge in [-0.3, -0.25) is 9.59 Å². The molecule has 0 N–H and O–H groups in total. The molecular formula is C37H49FN6O3. The molecule has 3 heterocycles. The molecule has 4 aromatic rings. The summed E-state index contributed by atoms with van der Waals surface area (Å²) in [4.78, 5) is 40.4. The molecule has 0 radical (unpaired) electrons. The van der Waals surface area contributed by atoms with E-state index in [0.29, 0.717) is 12.5 Å². The number of rotatable bonds is 10. The number of piperidine rings is 1. The van der Waals surface area contributed by atoms with Crippen molar-refractivity contribution in [2.75, 3.05) is 29.9 Å². The number of carbonyl (C=O) groups is 1. The molecule has 0 aliphatic carbocycles. The van der Waals surface area contributed by atoms with Gasteiger partial charge >= 0.3 is 5.97 Å². The van der Waals surface area contributed by atoms with Gasteiger partial charge in [-0.25, -0.2) is 18.9 Å². The number of halogens is 1. The molecule has 1 aliphatic rings. The Balaban J connectivity index is 1.30. The molecule has 47 heavy (non-hydrogen) atoms. The second kappa shape index (κ2) is 13.1. The monoisotopic (exact) mass is 644 g/mol. The molecule has 9 nitrogen and oxygen atoms in total. The molecule has 0 amide bonds. The second-order valence-electron chi connectivity index (χ2n) is 15.3. The normalized spacial score (nSPS) is 14.9. The molecule has 0 spiro atoms. The zero-order valence-corrected chi connectivity index (χ0v) is 29.1. The number of ether oxygens (including phenoxy) is 1. The van der Waals surface area contributed by atoms with Gasteiger partial charge in [0.05, 0.1) is 23.0 Å². The fourth-order valence-electron chi connectivity index (χ4n) is 6.80. The molecule has 1 fully saturated rings. The topological polar surface area (TPSA) is 85.5 Å². The van der Waals surface area contributed by atoms with Crippen LogP contribution in [0.3, 0.4) is 0 Å². The Morgan fingerprint density at radius 3 is 2.28 bits per heavy atom. The first-order valence-electron chi connectivity index (χ1n) is 16.5. The first kappa shape index (κ1) is 34.1. The van der Waals surface area contributed by atoms with Crippen molar-refractivity contribution in [3.63, 3.8) is 0 Å². The van der Waals surface area contributed by atoms with Gasteiger partial charge in [0, 0.05) is 38.4 Å². The lowest BCUT2D eigenvalue weighted by molar-refractivity contribution is -0.166. The summed E-state index contributed by atoms with van der Waals surface area (Å²) in [6, 6.07) is 16.2. The van der Waals surface area contributed by atoms with Gasteiger partial charge in [0.25, 0.3) is 5.56 Å². The Kier molecular flexibility index (Phi) is 9.53. The van der Waals surface area contributed by atoms with E-state index >= 15 is 0 Å². The summed E-state index contributed by atoms with van der Waals surface area (Å²) in [5.74, 6) is 0.762. The fraction of sp³-hybridized carbons (Fsp3) is 0.514. The third kappa shape index (κ3) is 7.36. The van der Waals surface area contributed by atoms with E-state index in [1.165, 1.54) is 29.0 Å². The molecule has 2 aromatic carbocycles. The van der Waals surface area contributed by atoms with Gasteiger partial charge in [0.1, 0.15) is 5.82 Å². The van der Waals surface area contributed by atoms with Crippen LogP contribution in [0.15, 0.2) is 65.6 Å². The van der Waals surface area contributed by atoms with Crippen LogP contribution in [-0.4, -0.2) is 51.3 Å². The molecule has 1 saturated heterocycles. The van der Waals surface area contributed by atoms with Gasteiger partial charge in [0.15, 0.2) is 6.73 Å². The second-order valence-corrected chi connectivity index (χ2v) is 15.3. The Labute approximate surface area is 277 Å². The van der Waals surface area contributed by atoms with Gasteiger partial charge in [-0.1, -0.05) is 58.9 Å². The number of carbonyl (C=O) groups excluding carboxylic acids is 1. The van der Waals surface area contributed by atoms with Crippen LogP contribution in [0, 0.1) is 22.1 Å². The van der Waals surface area contributed by atoms with Crippen LogP contribution >= 0.6 is 0 Å². The number of hydrogen-bond donors (Lipinski definition) is 0. The van der Waals surface area contributed by atoms with Crippen molar-refractivity contribution < 1.29 is 13.9 Å². The van der Waals surface area contributed by atoms with Crippen LogP contribution in [0.2, 0.25) is 0 Å².